The number of hydrogen-bond donors (Lipinski definition) is 2. The molecule has 12 heavy (non-hydrogen) atoms. The molecule has 1 aromatic rings. The molecule has 0 saturated heterocycles. The zero-order chi connectivity index (χ0) is 8.77. The first kappa shape index (κ1) is 7.76. The number of carboxylic acids is 1. The second kappa shape index (κ2) is 2.31. The zero-order valence-corrected chi connectivity index (χ0v) is 7.23. The fraction of sp³-hybridized carbons (Fsp3) is 0.375. The molecule has 1 atom stereocenters. The normalized spacial score (nSPS) is 27.1. The van der Waals surface area contributed by atoms with Crippen LogP contribution >= 0.6 is 11.3 Å². The van der Waals surface area contributed by atoms with Gasteiger partial charge >= 0.3 is 5.97 Å². The number of rotatable bonds is 1. The van der Waals surface area contributed by atoms with Gasteiger partial charge in [0.25, 0.3) is 0 Å². The molecule has 0 saturated carbocycles. The third-order valence-electron chi connectivity index (χ3n) is 2.39. The topological polar surface area (TPSA) is 63.3 Å². The van der Waals surface area contributed by atoms with E-state index in [1.807, 2.05) is 10.8 Å². The van der Waals surface area contributed by atoms with Crippen molar-refractivity contribution in [1.29, 1.82) is 0 Å². The highest BCUT2D eigenvalue weighted by atomic mass is 32.1. The molecular formula is C8H9NO2S. The summed E-state index contributed by atoms with van der Waals surface area (Å²) in [7, 11) is 0. The van der Waals surface area contributed by atoms with Crippen LogP contribution in [0.1, 0.15) is 17.5 Å². The van der Waals surface area contributed by atoms with Gasteiger partial charge in [-0.1, -0.05) is 0 Å². The van der Waals surface area contributed by atoms with Crippen LogP contribution < -0.4 is 5.73 Å². The molecule has 1 heterocycles. The van der Waals surface area contributed by atoms with E-state index in [-0.39, 0.29) is 0 Å². The molecule has 0 radical (unpaired) electrons. The number of nitrogens with two attached hydrogens (primary N) is 1. The first-order valence-corrected chi connectivity index (χ1v) is 4.67. The van der Waals surface area contributed by atoms with E-state index < -0.39 is 11.5 Å². The van der Waals surface area contributed by atoms with E-state index in [2.05, 4.69) is 0 Å². The Labute approximate surface area is 73.8 Å². The smallest absolute Gasteiger partial charge is 0.328 e. The van der Waals surface area contributed by atoms with Crippen molar-refractivity contribution in [1.82, 2.24) is 0 Å². The summed E-state index contributed by atoms with van der Waals surface area (Å²) < 4.78 is 0. The molecule has 3 nitrogen and oxygen atoms in total. The molecule has 1 aliphatic rings. The van der Waals surface area contributed by atoms with Crippen molar-refractivity contribution < 1.29 is 9.90 Å². The van der Waals surface area contributed by atoms with Crippen molar-refractivity contribution in [2.24, 2.45) is 5.73 Å². The van der Waals surface area contributed by atoms with Gasteiger partial charge in [-0.15, -0.1) is 0 Å². The fourth-order valence-corrected chi connectivity index (χ4v) is 2.57. The summed E-state index contributed by atoms with van der Waals surface area (Å²) in [6, 6.07) is 0. The summed E-state index contributed by atoms with van der Waals surface area (Å²) in [6.07, 6.45) is 1.32. The largest absolute Gasteiger partial charge is 0.480 e. The molecule has 1 unspecified atom stereocenters. The van der Waals surface area contributed by atoms with Gasteiger partial charge in [0.15, 0.2) is 0 Å². The van der Waals surface area contributed by atoms with E-state index in [0.29, 0.717) is 6.42 Å². The quantitative estimate of drug-likeness (QED) is 0.680. The van der Waals surface area contributed by atoms with Crippen LogP contribution in [0.25, 0.3) is 0 Å². The third kappa shape index (κ3) is 0.820. The van der Waals surface area contributed by atoms with Crippen LogP contribution in [0.2, 0.25) is 0 Å². The molecule has 0 aromatic carbocycles. The van der Waals surface area contributed by atoms with Gasteiger partial charge in [-0.25, -0.2) is 4.79 Å². The molecule has 1 aliphatic carbocycles. The van der Waals surface area contributed by atoms with Gasteiger partial charge in [0, 0.05) is 0 Å². The van der Waals surface area contributed by atoms with Gasteiger partial charge in [0.1, 0.15) is 5.54 Å². The molecule has 0 amide bonds. The molecule has 2 rings (SSSR count). The fourth-order valence-electron chi connectivity index (χ4n) is 1.60. The predicted octanol–water partition coefficient (Wildman–Crippen LogP) is 0.933. The number of aryl methyl sites for hydroxylation is 1. The Bertz CT molecular complexity index is 334. The lowest BCUT2D eigenvalue weighted by Gasteiger charge is -2.17. The summed E-state index contributed by atoms with van der Waals surface area (Å²) in [6.45, 7) is 0. The Morgan fingerprint density at radius 3 is 3.08 bits per heavy atom. The van der Waals surface area contributed by atoms with Crippen LogP contribution in [0.15, 0.2) is 10.8 Å². The Kier molecular flexibility index (Phi) is 1.49. The minimum absolute atomic E-state index is 0.528. The SMILES string of the molecule is NC1(C(=O)O)CCc2cscc21. The molecule has 3 N–H and O–H groups in total. The van der Waals surface area contributed by atoms with Gasteiger partial charge < -0.3 is 10.8 Å². The Hall–Kier alpha value is -0.870. The maximum Gasteiger partial charge on any atom is 0.328 e. The summed E-state index contributed by atoms with van der Waals surface area (Å²) in [5.74, 6) is -0.917. The molecule has 0 aliphatic heterocycles. The van der Waals surface area contributed by atoms with Crippen molar-refractivity contribution in [3.05, 3.63) is 21.9 Å². The second-order valence-corrected chi connectivity index (χ2v) is 3.83. The number of carboxylic acid groups (broad SMARTS) is 1. The molecule has 0 fully saturated rings. The van der Waals surface area contributed by atoms with E-state index in [1.165, 1.54) is 11.3 Å². The lowest BCUT2D eigenvalue weighted by Crippen LogP contribution is -2.42. The molecular weight excluding hydrogens is 174 g/mol. The minimum Gasteiger partial charge on any atom is -0.480 e. The zero-order valence-electron chi connectivity index (χ0n) is 6.41. The first-order chi connectivity index (χ1) is 5.64. The van der Waals surface area contributed by atoms with Crippen molar-refractivity contribution >= 4 is 17.3 Å². The van der Waals surface area contributed by atoms with Crippen molar-refractivity contribution in [2.75, 3.05) is 0 Å². The van der Waals surface area contributed by atoms with Crippen LogP contribution in [-0.4, -0.2) is 11.1 Å². The van der Waals surface area contributed by atoms with Gasteiger partial charge in [0.2, 0.25) is 0 Å². The van der Waals surface area contributed by atoms with Crippen LogP contribution in [0, 0.1) is 0 Å². The lowest BCUT2D eigenvalue weighted by molar-refractivity contribution is -0.143. The van der Waals surface area contributed by atoms with E-state index in [9.17, 15) is 4.79 Å². The highest BCUT2D eigenvalue weighted by Gasteiger charge is 2.42. The van der Waals surface area contributed by atoms with Gasteiger partial charge in [0.05, 0.1) is 0 Å². The second-order valence-electron chi connectivity index (χ2n) is 3.09. The molecule has 64 valence electrons. The molecule has 0 bridgehead atoms. The number of aliphatic carboxylic acids is 1. The van der Waals surface area contributed by atoms with Gasteiger partial charge in [-0.2, -0.15) is 11.3 Å². The number of thiophene rings is 1. The Morgan fingerprint density at radius 2 is 2.42 bits per heavy atom. The van der Waals surface area contributed by atoms with Crippen LogP contribution in [-0.2, 0) is 16.8 Å². The van der Waals surface area contributed by atoms with E-state index in [1.54, 1.807) is 0 Å². The van der Waals surface area contributed by atoms with E-state index in [0.717, 1.165) is 17.5 Å². The standard InChI is InChI=1S/C8H9NO2S/c9-8(7(10)11)2-1-5-3-12-4-6(5)8/h3-4H,1-2,9H2,(H,10,11). The lowest BCUT2D eigenvalue weighted by atomic mass is 9.96. The van der Waals surface area contributed by atoms with Crippen LogP contribution in [0.3, 0.4) is 0 Å². The monoisotopic (exact) mass is 183 g/mol. The number of fused-ring (bicyclic) bond motifs is 1. The first-order valence-electron chi connectivity index (χ1n) is 3.72. The number of hydrogen-bond acceptors (Lipinski definition) is 3. The van der Waals surface area contributed by atoms with Gasteiger partial charge in [-0.3, -0.25) is 0 Å². The molecule has 0 spiro atoms. The average molecular weight is 183 g/mol. The average Bonchev–Trinajstić information content (AvgIpc) is 2.54. The number of carbonyl (C=O) groups is 1. The van der Waals surface area contributed by atoms with Crippen LogP contribution in [0.4, 0.5) is 0 Å². The van der Waals surface area contributed by atoms with Crippen LogP contribution in [0.5, 0.6) is 0 Å². The molecule has 4 heteroatoms. The highest BCUT2D eigenvalue weighted by molar-refractivity contribution is 7.08. The Morgan fingerprint density at radius 1 is 1.67 bits per heavy atom. The molecule has 1 aromatic heterocycles. The van der Waals surface area contributed by atoms with Crippen molar-refractivity contribution in [2.45, 2.75) is 18.4 Å². The minimum atomic E-state index is -1.12. The highest BCUT2D eigenvalue weighted by Crippen LogP contribution is 2.37. The summed E-state index contributed by atoms with van der Waals surface area (Å²) in [5, 5.41) is 12.7. The summed E-state index contributed by atoms with van der Waals surface area (Å²) in [5.41, 5.74) is 6.56. The maximum absolute atomic E-state index is 10.9. The summed E-state index contributed by atoms with van der Waals surface area (Å²) >= 11 is 1.52. The Balaban J connectivity index is 2.51. The predicted molar refractivity (Wildman–Crippen MR) is 46.1 cm³/mol. The van der Waals surface area contributed by atoms with Crippen molar-refractivity contribution in [3.63, 3.8) is 0 Å². The van der Waals surface area contributed by atoms with E-state index >= 15 is 0 Å². The van der Waals surface area contributed by atoms with Crippen molar-refractivity contribution in [3.8, 4) is 0 Å². The van der Waals surface area contributed by atoms with Gasteiger partial charge in [-0.05, 0) is 34.7 Å². The summed E-state index contributed by atoms with van der Waals surface area (Å²) in [4.78, 5) is 10.9. The maximum atomic E-state index is 10.9. The third-order valence-corrected chi connectivity index (χ3v) is 3.19. The van der Waals surface area contributed by atoms with E-state index in [4.69, 9.17) is 10.8 Å².